The number of anilines is 1. The molecule has 2 rings (SSSR count). The highest BCUT2D eigenvalue weighted by Crippen LogP contribution is 2.18. The molecule has 114 valence electrons. The van der Waals surface area contributed by atoms with Crippen LogP contribution in [0.1, 0.15) is 5.56 Å². The number of halogens is 1. The molecule has 0 saturated carbocycles. The van der Waals surface area contributed by atoms with Gasteiger partial charge in [-0.3, -0.25) is 0 Å². The van der Waals surface area contributed by atoms with Crippen molar-refractivity contribution in [3.05, 3.63) is 34.4 Å². The maximum atomic E-state index is 12.2. The summed E-state index contributed by atoms with van der Waals surface area (Å²) in [5, 5.41) is 7.34. The van der Waals surface area contributed by atoms with Gasteiger partial charge in [0.2, 0.25) is 5.03 Å². The monoisotopic (exact) mass is 373 g/mol. The Morgan fingerprint density at radius 3 is 2.38 bits per heavy atom. The second kappa shape index (κ2) is 6.12. The van der Waals surface area contributed by atoms with Gasteiger partial charge in [0.15, 0.2) is 4.60 Å². The second-order valence-corrected chi connectivity index (χ2v) is 7.13. The summed E-state index contributed by atoms with van der Waals surface area (Å²) in [6.45, 7) is 0.202. The molecule has 0 radical (unpaired) electrons. The maximum absolute atomic E-state index is 12.2. The van der Waals surface area contributed by atoms with Gasteiger partial charge in [0.25, 0.3) is 10.0 Å². The average molecular weight is 374 g/mol. The predicted octanol–water partition coefficient (Wildman–Crippen LogP) is 1.12. The molecule has 1 N–H and O–H groups in total. The van der Waals surface area contributed by atoms with E-state index in [1.807, 2.05) is 43.3 Å². The number of sulfonamides is 1. The van der Waals surface area contributed by atoms with Gasteiger partial charge in [0.05, 0.1) is 0 Å². The van der Waals surface area contributed by atoms with Gasteiger partial charge in [-0.2, -0.15) is 0 Å². The van der Waals surface area contributed by atoms with Crippen molar-refractivity contribution in [1.29, 1.82) is 0 Å². The summed E-state index contributed by atoms with van der Waals surface area (Å²) in [6, 6.07) is 7.64. The fourth-order valence-corrected chi connectivity index (χ4v) is 3.87. The van der Waals surface area contributed by atoms with Crippen molar-refractivity contribution >= 4 is 31.6 Å². The summed E-state index contributed by atoms with van der Waals surface area (Å²) < 4.78 is 28.4. The van der Waals surface area contributed by atoms with E-state index in [4.69, 9.17) is 0 Å². The Labute approximate surface area is 132 Å². The Hall–Kier alpha value is -1.45. The zero-order chi connectivity index (χ0) is 15.6. The summed E-state index contributed by atoms with van der Waals surface area (Å²) >= 11 is 3.09. The van der Waals surface area contributed by atoms with Gasteiger partial charge in [-0.1, -0.05) is 17.3 Å². The SMILES string of the molecule is CN(C)c1ccc(CNS(=O)(=O)c2c(Br)nnn2C)cc1. The third-order valence-electron chi connectivity index (χ3n) is 2.91. The largest absolute Gasteiger partial charge is 0.378 e. The van der Waals surface area contributed by atoms with E-state index in [0.717, 1.165) is 11.3 Å². The van der Waals surface area contributed by atoms with Crippen LogP contribution in [0, 0.1) is 0 Å². The summed E-state index contributed by atoms with van der Waals surface area (Å²) in [4.78, 5) is 1.98. The molecule has 1 aromatic heterocycles. The van der Waals surface area contributed by atoms with Crippen molar-refractivity contribution in [2.75, 3.05) is 19.0 Å². The molecular formula is C12H16BrN5O2S. The molecule has 0 saturated heterocycles. The van der Waals surface area contributed by atoms with Crippen LogP contribution >= 0.6 is 15.9 Å². The van der Waals surface area contributed by atoms with Crippen LogP contribution in [-0.4, -0.2) is 37.5 Å². The lowest BCUT2D eigenvalue weighted by molar-refractivity contribution is 0.560. The third kappa shape index (κ3) is 3.60. The van der Waals surface area contributed by atoms with Crippen molar-refractivity contribution in [1.82, 2.24) is 19.7 Å². The van der Waals surface area contributed by atoms with Gasteiger partial charge in [0, 0.05) is 33.4 Å². The molecule has 0 bridgehead atoms. The molecule has 0 spiro atoms. The first-order valence-electron chi connectivity index (χ1n) is 6.12. The molecule has 0 aliphatic carbocycles. The van der Waals surface area contributed by atoms with Crippen LogP contribution in [-0.2, 0) is 23.6 Å². The van der Waals surface area contributed by atoms with E-state index in [2.05, 4.69) is 31.0 Å². The van der Waals surface area contributed by atoms with Gasteiger partial charge in [-0.15, -0.1) is 5.10 Å². The first-order valence-corrected chi connectivity index (χ1v) is 8.40. The molecule has 0 aliphatic heterocycles. The van der Waals surface area contributed by atoms with E-state index in [1.165, 1.54) is 11.7 Å². The minimum absolute atomic E-state index is 0.00686. The zero-order valence-corrected chi connectivity index (χ0v) is 14.3. The number of rotatable bonds is 5. The van der Waals surface area contributed by atoms with Crippen LogP contribution in [0.3, 0.4) is 0 Å². The summed E-state index contributed by atoms with van der Waals surface area (Å²) in [5.74, 6) is 0. The van der Waals surface area contributed by atoms with Crippen molar-refractivity contribution < 1.29 is 8.42 Å². The molecule has 0 atom stereocenters. The molecule has 0 aliphatic rings. The summed E-state index contributed by atoms with van der Waals surface area (Å²) in [7, 11) is 1.75. The van der Waals surface area contributed by atoms with Crippen LogP contribution < -0.4 is 9.62 Å². The number of aromatic nitrogens is 3. The van der Waals surface area contributed by atoms with Crippen LogP contribution in [0.25, 0.3) is 0 Å². The van der Waals surface area contributed by atoms with Gasteiger partial charge >= 0.3 is 0 Å². The Morgan fingerprint density at radius 1 is 1.29 bits per heavy atom. The Kier molecular flexibility index (Phi) is 4.64. The molecule has 1 heterocycles. The van der Waals surface area contributed by atoms with Crippen LogP contribution in [0.2, 0.25) is 0 Å². The second-order valence-electron chi connectivity index (χ2n) is 4.69. The first kappa shape index (κ1) is 15.9. The highest BCUT2D eigenvalue weighted by molar-refractivity contribution is 9.10. The standard InChI is InChI=1S/C12H16BrN5O2S/c1-17(2)10-6-4-9(5-7-10)8-14-21(19,20)12-11(13)15-16-18(12)3/h4-7,14H,8H2,1-3H3. The van der Waals surface area contributed by atoms with Crippen molar-refractivity contribution in [2.24, 2.45) is 7.05 Å². The third-order valence-corrected chi connectivity index (χ3v) is 5.20. The van der Waals surface area contributed by atoms with E-state index < -0.39 is 10.0 Å². The van der Waals surface area contributed by atoms with Gasteiger partial charge in [-0.25, -0.2) is 17.8 Å². The highest BCUT2D eigenvalue weighted by Gasteiger charge is 2.23. The van der Waals surface area contributed by atoms with Gasteiger partial charge in [-0.05, 0) is 33.6 Å². The fraction of sp³-hybridized carbons (Fsp3) is 0.333. The summed E-state index contributed by atoms with van der Waals surface area (Å²) in [5.41, 5.74) is 1.93. The van der Waals surface area contributed by atoms with Crippen LogP contribution in [0.15, 0.2) is 33.9 Å². The molecular weight excluding hydrogens is 358 g/mol. The van der Waals surface area contributed by atoms with Gasteiger partial charge in [0.1, 0.15) is 0 Å². The lowest BCUT2D eigenvalue weighted by atomic mass is 10.2. The smallest absolute Gasteiger partial charge is 0.260 e. The number of hydrogen-bond acceptors (Lipinski definition) is 5. The van der Waals surface area contributed by atoms with E-state index in [-0.39, 0.29) is 16.2 Å². The Bertz CT molecular complexity index is 705. The van der Waals surface area contributed by atoms with Gasteiger partial charge < -0.3 is 4.90 Å². The molecule has 21 heavy (non-hydrogen) atoms. The van der Waals surface area contributed by atoms with Crippen molar-refractivity contribution in [3.63, 3.8) is 0 Å². The summed E-state index contributed by atoms with van der Waals surface area (Å²) in [6.07, 6.45) is 0. The highest BCUT2D eigenvalue weighted by atomic mass is 79.9. The molecule has 7 nitrogen and oxygen atoms in total. The minimum Gasteiger partial charge on any atom is -0.378 e. The lowest BCUT2D eigenvalue weighted by Crippen LogP contribution is -2.25. The normalized spacial score (nSPS) is 11.6. The quantitative estimate of drug-likeness (QED) is 0.849. The Balaban J connectivity index is 2.12. The van der Waals surface area contributed by atoms with E-state index >= 15 is 0 Å². The maximum Gasteiger partial charge on any atom is 0.260 e. The molecule has 9 heteroatoms. The molecule has 1 aromatic carbocycles. The minimum atomic E-state index is -3.67. The van der Waals surface area contributed by atoms with E-state index in [1.54, 1.807) is 0 Å². The average Bonchev–Trinajstić information content (AvgIpc) is 2.77. The number of nitrogens with zero attached hydrogens (tertiary/aromatic N) is 4. The van der Waals surface area contributed by atoms with Crippen LogP contribution in [0.5, 0.6) is 0 Å². The topological polar surface area (TPSA) is 80.1 Å². The van der Waals surface area contributed by atoms with Crippen molar-refractivity contribution in [2.45, 2.75) is 11.6 Å². The molecule has 0 unspecified atom stereocenters. The molecule has 0 amide bonds. The van der Waals surface area contributed by atoms with Crippen LogP contribution in [0.4, 0.5) is 5.69 Å². The van der Waals surface area contributed by atoms with E-state index in [0.29, 0.717) is 0 Å². The zero-order valence-electron chi connectivity index (χ0n) is 11.9. The Morgan fingerprint density at radius 2 is 1.90 bits per heavy atom. The first-order chi connectivity index (χ1) is 9.81. The number of benzene rings is 1. The fourth-order valence-electron chi connectivity index (χ4n) is 1.77. The predicted molar refractivity (Wildman–Crippen MR) is 83.5 cm³/mol. The lowest BCUT2D eigenvalue weighted by Gasteiger charge is -2.13. The molecule has 2 aromatic rings. The molecule has 0 fully saturated rings. The van der Waals surface area contributed by atoms with E-state index in [9.17, 15) is 8.42 Å². The van der Waals surface area contributed by atoms with Crippen molar-refractivity contribution in [3.8, 4) is 0 Å². The number of nitrogens with one attached hydrogen (secondary N) is 1. The number of aryl methyl sites for hydroxylation is 1. The number of hydrogen-bond donors (Lipinski definition) is 1.